The Balaban J connectivity index is 1.71. The Bertz CT molecular complexity index is 664. The minimum atomic E-state index is 0.564. The van der Waals surface area contributed by atoms with Gasteiger partial charge >= 0.3 is 0 Å². The number of nitrogens with one attached hydrogen (secondary N) is 1. The maximum Gasteiger partial charge on any atom is 0.152 e. The van der Waals surface area contributed by atoms with Crippen LogP contribution in [0.1, 0.15) is 36.0 Å². The van der Waals surface area contributed by atoms with Crippen LogP contribution in [0.15, 0.2) is 36.4 Å². The summed E-state index contributed by atoms with van der Waals surface area (Å²) in [5, 5.41) is 5.84. The Morgan fingerprint density at radius 3 is 2.70 bits per heavy atom. The van der Waals surface area contributed by atoms with E-state index in [-0.39, 0.29) is 0 Å². The second kappa shape index (κ2) is 4.62. The Hall–Kier alpha value is -1.83. The molecule has 2 bridgehead atoms. The topological polar surface area (TPSA) is 29.1 Å². The van der Waals surface area contributed by atoms with Gasteiger partial charge in [-0.1, -0.05) is 36.8 Å². The van der Waals surface area contributed by atoms with Gasteiger partial charge in [0.2, 0.25) is 0 Å². The molecule has 0 radical (unpaired) electrons. The molecule has 2 heteroatoms. The van der Waals surface area contributed by atoms with E-state index in [9.17, 15) is 4.79 Å². The minimum Gasteiger partial charge on any atom is -0.381 e. The fourth-order valence-corrected chi connectivity index (χ4v) is 4.17. The number of anilines is 1. The van der Waals surface area contributed by atoms with Crippen molar-refractivity contribution in [3.05, 3.63) is 42.0 Å². The summed E-state index contributed by atoms with van der Waals surface area (Å²) in [6.07, 6.45) is 6.41. The van der Waals surface area contributed by atoms with E-state index in [1.165, 1.54) is 25.7 Å². The molecule has 0 amide bonds. The maximum atomic E-state index is 11.5. The number of fused-ring (bicyclic) bond motifs is 3. The molecule has 0 aliphatic heterocycles. The van der Waals surface area contributed by atoms with Crippen LogP contribution in [0.2, 0.25) is 0 Å². The van der Waals surface area contributed by atoms with Gasteiger partial charge in [0.1, 0.15) is 0 Å². The van der Waals surface area contributed by atoms with Gasteiger partial charge in [0.25, 0.3) is 0 Å². The van der Waals surface area contributed by atoms with Crippen LogP contribution in [0, 0.1) is 11.8 Å². The molecule has 20 heavy (non-hydrogen) atoms. The molecule has 2 nitrogen and oxygen atoms in total. The van der Waals surface area contributed by atoms with Crippen LogP contribution in [0.5, 0.6) is 0 Å². The largest absolute Gasteiger partial charge is 0.381 e. The third kappa shape index (κ3) is 1.82. The lowest BCUT2D eigenvalue weighted by Crippen LogP contribution is -2.26. The summed E-state index contributed by atoms with van der Waals surface area (Å²) in [5.74, 6) is 1.73. The number of aldehydes is 1. The van der Waals surface area contributed by atoms with Crippen molar-refractivity contribution >= 4 is 22.7 Å². The van der Waals surface area contributed by atoms with E-state index < -0.39 is 0 Å². The minimum absolute atomic E-state index is 0.564. The van der Waals surface area contributed by atoms with Crippen molar-refractivity contribution in [1.29, 1.82) is 0 Å². The van der Waals surface area contributed by atoms with Crippen LogP contribution in [0.3, 0.4) is 0 Å². The van der Waals surface area contributed by atoms with Crippen LogP contribution in [-0.2, 0) is 0 Å². The van der Waals surface area contributed by atoms with E-state index in [4.69, 9.17) is 0 Å². The summed E-state index contributed by atoms with van der Waals surface area (Å²) in [6, 6.07) is 12.8. The molecule has 4 rings (SSSR count). The van der Waals surface area contributed by atoms with E-state index >= 15 is 0 Å². The first-order chi connectivity index (χ1) is 9.85. The third-order valence-electron chi connectivity index (χ3n) is 5.17. The maximum absolute atomic E-state index is 11.5. The summed E-state index contributed by atoms with van der Waals surface area (Å²) in [7, 11) is 0. The number of carbonyl (C=O) groups excluding carboxylic acids is 1. The van der Waals surface area contributed by atoms with Crippen molar-refractivity contribution in [1.82, 2.24) is 0 Å². The number of benzene rings is 2. The van der Waals surface area contributed by atoms with Crippen molar-refractivity contribution in [2.45, 2.75) is 31.7 Å². The molecule has 0 saturated heterocycles. The van der Waals surface area contributed by atoms with Gasteiger partial charge in [-0.05, 0) is 47.9 Å². The molecular weight excluding hydrogens is 246 g/mol. The summed E-state index contributed by atoms with van der Waals surface area (Å²) in [5.41, 5.74) is 1.82. The van der Waals surface area contributed by atoms with Crippen LogP contribution in [-0.4, -0.2) is 12.3 Å². The predicted molar refractivity (Wildman–Crippen MR) is 82.2 cm³/mol. The van der Waals surface area contributed by atoms with Gasteiger partial charge in [0.15, 0.2) is 6.29 Å². The predicted octanol–water partition coefficient (Wildman–Crippen LogP) is 4.25. The number of hydrogen-bond acceptors (Lipinski definition) is 2. The molecule has 0 spiro atoms. The Labute approximate surface area is 119 Å². The van der Waals surface area contributed by atoms with Gasteiger partial charge in [0, 0.05) is 17.3 Å². The fourth-order valence-electron chi connectivity index (χ4n) is 4.17. The van der Waals surface area contributed by atoms with E-state index in [0.29, 0.717) is 6.04 Å². The molecule has 2 aromatic rings. The van der Waals surface area contributed by atoms with Crippen molar-refractivity contribution in [3.63, 3.8) is 0 Å². The van der Waals surface area contributed by atoms with Crippen molar-refractivity contribution in [2.75, 3.05) is 5.32 Å². The van der Waals surface area contributed by atoms with Gasteiger partial charge in [0.05, 0.1) is 0 Å². The summed E-state index contributed by atoms with van der Waals surface area (Å²) in [4.78, 5) is 11.5. The first-order valence-corrected chi connectivity index (χ1v) is 7.58. The summed E-state index contributed by atoms with van der Waals surface area (Å²) >= 11 is 0. The second-order valence-corrected chi connectivity index (χ2v) is 6.29. The molecule has 2 aliphatic rings. The highest BCUT2D eigenvalue weighted by molar-refractivity contribution is 6.03. The second-order valence-electron chi connectivity index (χ2n) is 6.29. The quantitative estimate of drug-likeness (QED) is 0.840. The number of carbonyl (C=O) groups is 1. The fraction of sp³-hybridized carbons (Fsp3) is 0.389. The first-order valence-electron chi connectivity index (χ1n) is 7.58. The van der Waals surface area contributed by atoms with E-state index in [1.807, 2.05) is 18.2 Å². The zero-order valence-electron chi connectivity index (χ0n) is 11.5. The Morgan fingerprint density at radius 2 is 1.95 bits per heavy atom. The van der Waals surface area contributed by atoms with Gasteiger partial charge in [-0.25, -0.2) is 0 Å². The molecule has 1 N–H and O–H groups in total. The highest BCUT2D eigenvalue weighted by Crippen LogP contribution is 2.45. The number of hydrogen-bond donors (Lipinski definition) is 1. The monoisotopic (exact) mass is 265 g/mol. The molecule has 102 valence electrons. The van der Waals surface area contributed by atoms with E-state index in [2.05, 4.69) is 23.5 Å². The molecule has 2 aliphatic carbocycles. The van der Waals surface area contributed by atoms with E-state index in [1.54, 1.807) is 0 Å². The lowest BCUT2D eigenvalue weighted by Gasteiger charge is -2.25. The normalized spacial score (nSPS) is 27.9. The van der Waals surface area contributed by atoms with Crippen LogP contribution >= 0.6 is 0 Å². The lowest BCUT2D eigenvalue weighted by atomic mass is 9.94. The zero-order valence-corrected chi connectivity index (χ0v) is 11.5. The van der Waals surface area contributed by atoms with Gasteiger partial charge in [-0.2, -0.15) is 0 Å². The highest BCUT2D eigenvalue weighted by Gasteiger charge is 2.39. The molecular formula is C18H19NO. The molecule has 0 heterocycles. The van der Waals surface area contributed by atoms with Gasteiger partial charge < -0.3 is 5.32 Å². The highest BCUT2D eigenvalue weighted by atomic mass is 16.1. The summed E-state index contributed by atoms with van der Waals surface area (Å²) in [6.45, 7) is 0. The molecule has 3 atom stereocenters. The van der Waals surface area contributed by atoms with Crippen LogP contribution < -0.4 is 5.32 Å². The molecule has 2 aromatic carbocycles. The van der Waals surface area contributed by atoms with Crippen molar-refractivity contribution < 1.29 is 4.79 Å². The third-order valence-corrected chi connectivity index (χ3v) is 5.17. The smallest absolute Gasteiger partial charge is 0.152 e. The van der Waals surface area contributed by atoms with Crippen molar-refractivity contribution in [2.24, 2.45) is 11.8 Å². The average Bonchev–Trinajstić information content (AvgIpc) is 3.09. The Kier molecular flexibility index (Phi) is 2.76. The number of rotatable bonds is 3. The summed E-state index contributed by atoms with van der Waals surface area (Å²) < 4.78 is 0. The SMILES string of the molecule is O=Cc1c(NC2CC3CCC2C3)ccc2ccccc12. The molecule has 2 saturated carbocycles. The van der Waals surface area contributed by atoms with Gasteiger partial charge in [-0.15, -0.1) is 0 Å². The lowest BCUT2D eigenvalue weighted by molar-refractivity contribution is 0.112. The average molecular weight is 265 g/mol. The molecule has 3 unspecified atom stereocenters. The van der Waals surface area contributed by atoms with Crippen molar-refractivity contribution in [3.8, 4) is 0 Å². The van der Waals surface area contributed by atoms with Gasteiger partial charge in [-0.3, -0.25) is 4.79 Å². The van der Waals surface area contributed by atoms with Crippen LogP contribution in [0.25, 0.3) is 10.8 Å². The zero-order chi connectivity index (χ0) is 13.5. The van der Waals surface area contributed by atoms with Crippen LogP contribution in [0.4, 0.5) is 5.69 Å². The first kappa shape index (κ1) is 12.0. The van der Waals surface area contributed by atoms with E-state index in [0.717, 1.165) is 40.1 Å². The Morgan fingerprint density at radius 1 is 1.05 bits per heavy atom. The molecule has 0 aromatic heterocycles. The molecule has 2 fully saturated rings. The standard InChI is InChI=1S/C18H19NO/c20-11-16-15-4-2-1-3-13(15)7-8-17(16)19-18-10-12-5-6-14(18)9-12/h1-4,7-8,11-12,14,18-19H,5-6,9-10H2.